The fraction of sp³-hybridized carbons (Fsp3) is 0.478. The molecule has 28 heavy (non-hydrogen) atoms. The molecule has 152 valence electrons. The van der Waals surface area contributed by atoms with Crippen LogP contribution in [-0.4, -0.2) is 20.3 Å². The lowest BCUT2D eigenvalue weighted by atomic mass is 9.94. The van der Waals surface area contributed by atoms with Crippen LogP contribution in [0.2, 0.25) is 0 Å². The van der Waals surface area contributed by atoms with Crippen LogP contribution in [0, 0.1) is 17.6 Å². The van der Waals surface area contributed by atoms with Crippen molar-refractivity contribution in [2.24, 2.45) is 5.92 Å². The Morgan fingerprint density at radius 2 is 1.71 bits per heavy atom. The molecule has 0 bridgehead atoms. The molecule has 0 radical (unpaired) electrons. The normalized spacial score (nSPS) is 19.4. The Bertz CT molecular complexity index is 753. The highest BCUT2D eigenvalue weighted by Crippen LogP contribution is 2.32. The van der Waals surface area contributed by atoms with Crippen molar-refractivity contribution >= 4 is 0 Å². The molecule has 0 saturated carbocycles. The van der Waals surface area contributed by atoms with Gasteiger partial charge >= 0.3 is 0 Å². The molecule has 1 aliphatic heterocycles. The van der Waals surface area contributed by atoms with E-state index in [0.717, 1.165) is 19.3 Å². The van der Waals surface area contributed by atoms with E-state index in [-0.39, 0.29) is 23.5 Å². The number of benzene rings is 2. The molecule has 0 spiro atoms. The predicted molar refractivity (Wildman–Crippen MR) is 105 cm³/mol. The van der Waals surface area contributed by atoms with E-state index in [1.54, 1.807) is 0 Å². The minimum absolute atomic E-state index is 0.0895. The van der Waals surface area contributed by atoms with Crippen molar-refractivity contribution in [1.29, 1.82) is 0 Å². The van der Waals surface area contributed by atoms with Crippen LogP contribution in [0.3, 0.4) is 0 Å². The van der Waals surface area contributed by atoms with E-state index < -0.39 is 11.6 Å². The summed E-state index contributed by atoms with van der Waals surface area (Å²) >= 11 is 0. The predicted octanol–water partition coefficient (Wildman–Crippen LogP) is 5.86. The molecular weight excluding hydrogens is 362 g/mol. The summed E-state index contributed by atoms with van der Waals surface area (Å²) in [5.74, 6) is -2.11. The van der Waals surface area contributed by atoms with Crippen LogP contribution in [0.15, 0.2) is 36.4 Å². The van der Waals surface area contributed by atoms with E-state index in [9.17, 15) is 8.78 Å². The highest BCUT2D eigenvalue weighted by Gasteiger charge is 2.24. The summed E-state index contributed by atoms with van der Waals surface area (Å²) in [6.45, 7) is 3.04. The van der Waals surface area contributed by atoms with Crippen molar-refractivity contribution in [3.8, 4) is 11.5 Å². The average Bonchev–Trinajstić information content (AvgIpc) is 2.74. The van der Waals surface area contributed by atoms with Crippen molar-refractivity contribution < 1.29 is 23.0 Å². The van der Waals surface area contributed by atoms with Gasteiger partial charge in [0.1, 0.15) is 0 Å². The minimum atomic E-state index is -1.03. The first-order valence-electron chi connectivity index (χ1n) is 9.97. The maximum atomic E-state index is 14.0. The zero-order valence-electron chi connectivity index (χ0n) is 16.5. The number of methoxy groups -OCH3 is 1. The van der Waals surface area contributed by atoms with Gasteiger partial charge in [0.15, 0.2) is 11.5 Å². The lowest BCUT2D eigenvalue weighted by Gasteiger charge is -2.29. The van der Waals surface area contributed by atoms with Gasteiger partial charge in [-0.25, -0.2) is 0 Å². The molecule has 2 aromatic carbocycles. The molecule has 1 fully saturated rings. The van der Waals surface area contributed by atoms with Crippen LogP contribution in [0.4, 0.5) is 8.78 Å². The average molecular weight is 390 g/mol. The fourth-order valence-corrected chi connectivity index (χ4v) is 3.47. The van der Waals surface area contributed by atoms with E-state index in [1.807, 2.05) is 0 Å². The molecule has 0 N–H and O–H groups in total. The third-order valence-corrected chi connectivity index (χ3v) is 5.25. The monoisotopic (exact) mass is 390 g/mol. The molecule has 2 atom stereocenters. The summed E-state index contributed by atoms with van der Waals surface area (Å²) in [6.07, 6.45) is 5.42. The Kier molecular flexibility index (Phi) is 7.26. The van der Waals surface area contributed by atoms with Crippen LogP contribution in [0.5, 0.6) is 11.5 Å². The highest BCUT2D eigenvalue weighted by atomic mass is 19.2. The third kappa shape index (κ3) is 5.02. The second-order valence-electron chi connectivity index (χ2n) is 7.32. The van der Waals surface area contributed by atoms with Crippen molar-refractivity contribution in [3.63, 3.8) is 0 Å². The summed E-state index contributed by atoms with van der Waals surface area (Å²) in [4.78, 5) is 0. The molecule has 2 unspecified atom stereocenters. The van der Waals surface area contributed by atoms with Gasteiger partial charge in [-0.05, 0) is 48.9 Å². The summed E-state index contributed by atoms with van der Waals surface area (Å²) in [7, 11) is 1.30. The van der Waals surface area contributed by atoms with Gasteiger partial charge in [0.25, 0.3) is 0 Å². The van der Waals surface area contributed by atoms with E-state index >= 15 is 0 Å². The molecule has 1 aliphatic rings. The molecule has 1 saturated heterocycles. The molecule has 3 nitrogen and oxygen atoms in total. The van der Waals surface area contributed by atoms with Crippen LogP contribution >= 0.6 is 0 Å². The Morgan fingerprint density at radius 1 is 1.00 bits per heavy atom. The molecule has 2 aromatic rings. The van der Waals surface area contributed by atoms with Gasteiger partial charge in [0, 0.05) is 5.92 Å². The SMILES string of the molecule is CCCCc1ccc(C2CCC(COc3ccc(OC)c(F)c3F)CO2)cc1. The Labute approximate surface area is 165 Å². The van der Waals surface area contributed by atoms with E-state index in [1.165, 1.54) is 43.2 Å². The maximum Gasteiger partial charge on any atom is 0.204 e. The zero-order valence-corrected chi connectivity index (χ0v) is 16.5. The number of hydrogen-bond acceptors (Lipinski definition) is 3. The Morgan fingerprint density at radius 3 is 2.36 bits per heavy atom. The quantitative estimate of drug-likeness (QED) is 0.565. The largest absolute Gasteiger partial charge is 0.494 e. The molecule has 0 amide bonds. The molecular formula is C23H28F2O3. The van der Waals surface area contributed by atoms with Crippen LogP contribution in [0.1, 0.15) is 49.8 Å². The smallest absolute Gasteiger partial charge is 0.204 e. The second-order valence-corrected chi connectivity index (χ2v) is 7.32. The van der Waals surface area contributed by atoms with Crippen molar-refractivity contribution in [3.05, 3.63) is 59.2 Å². The molecule has 5 heteroatoms. The van der Waals surface area contributed by atoms with E-state index in [0.29, 0.717) is 13.2 Å². The first-order valence-corrected chi connectivity index (χ1v) is 9.97. The molecule has 0 aromatic heterocycles. The number of hydrogen-bond donors (Lipinski definition) is 0. The summed E-state index contributed by atoms with van der Waals surface area (Å²) < 4.78 is 44.0. The Hall–Kier alpha value is -2.14. The van der Waals surface area contributed by atoms with Gasteiger partial charge in [0.05, 0.1) is 26.4 Å². The number of halogens is 2. The topological polar surface area (TPSA) is 27.7 Å². The molecule has 0 aliphatic carbocycles. The van der Waals surface area contributed by atoms with Gasteiger partial charge in [-0.3, -0.25) is 0 Å². The standard InChI is InChI=1S/C23H28F2O3/c1-3-4-5-16-6-9-18(10-7-16)19-11-8-17(14-27-19)15-28-21-13-12-20(26-2)22(24)23(21)25/h6-7,9-10,12-13,17,19H,3-5,8,11,14-15H2,1-2H3. The molecule has 1 heterocycles. The summed E-state index contributed by atoms with van der Waals surface area (Å²) in [5.41, 5.74) is 2.56. The van der Waals surface area contributed by atoms with Gasteiger partial charge in [0.2, 0.25) is 11.6 Å². The number of unbranched alkanes of at least 4 members (excludes halogenated alkanes) is 1. The van der Waals surface area contributed by atoms with E-state index in [4.69, 9.17) is 14.2 Å². The number of aryl methyl sites for hydroxylation is 1. The number of rotatable bonds is 8. The third-order valence-electron chi connectivity index (χ3n) is 5.25. The van der Waals surface area contributed by atoms with Crippen molar-refractivity contribution in [1.82, 2.24) is 0 Å². The lowest BCUT2D eigenvalue weighted by Crippen LogP contribution is -2.25. The first kappa shape index (κ1) is 20.6. The molecule has 3 rings (SSSR count). The second kappa shape index (κ2) is 9.87. The van der Waals surface area contributed by atoms with Gasteiger partial charge in [-0.2, -0.15) is 8.78 Å². The van der Waals surface area contributed by atoms with Crippen molar-refractivity contribution in [2.45, 2.75) is 45.1 Å². The highest BCUT2D eigenvalue weighted by molar-refractivity contribution is 5.35. The van der Waals surface area contributed by atoms with E-state index in [2.05, 4.69) is 31.2 Å². The van der Waals surface area contributed by atoms with Crippen LogP contribution in [0.25, 0.3) is 0 Å². The van der Waals surface area contributed by atoms with Gasteiger partial charge < -0.3 is 14.2 Å². The first-order chi connectivity index (χ1) is 13.6. The van der Waals surface area contributed by atoms with Gasteiger partial charge in [-0.1, -0.05) is 37.6 Å². The summed E-state index contributed by atoms with van der Waals surface area (Å²) in [6, 6.07) is 11.4. The van der Waals surface area contributed by atoms with Crippen LogP contribution in [-0.2, 0) is 11.2 Å². The number of ether oxygens (including phenoxy) is 3. The zero-order chi connectivity index (χ0) is 19.9. The minimum Gasteiger partial charge on any atom is -0.494 e. The van der Waals surface area contributed by atoms with Crippen molar-refractivity contribution in [2.75, 3.05) is 20.3 Å². The Balaban J connectivity index is 1.48. The van der Waals surface area contributed by atoms with Gasteiger partial charge in [-0.15, -0.1) is 0 Å². The fourth-order valence-electron chi connectivity index (χ4n) is 3.47. The summed E-state index contributed by atoms with van der Waals surface area (Å²) in [5, 5.41) is 0. The lowest BCUT2D eigenvalue weighted by molar-refractivity contribution is -0.0289. The van der Waals surface area contributed by atoms with Crippen LogP contribution < -0.4 is 9.47 Å². The maximum absolute atomic E-state index is 14.0.